The van der Waals surface area contributed by atoms with Crippen LogP contribution in [0.1, 0.15) is 5.56 Å². The molecule has 0 aliphatic heterocycles. The minimum absolute atomic E-state index is 0.0272. The van der Waals surface area contributed by atoms with E-state index >= 15 is 0 Å². The lowest BCUT2D eigenvalue weighted by molar-refractivity contribution is -0.119. The third-order valence-electron chi connectivity index (χ3n) is 1.97. The van der Waals surface area contributed by atoms with Crippen LogP contribution in [0.3, 0.4) is 0 Å². The molecular formula is C10H11FN2O3. The Morgan fingerprint density at radius 2 is 2.19 bits per heavy atom. The van der Waals surface area contributed by atoms with Gasteiger partial charge >= 0.3 is 6.09 Å². The van der Waals surface area contributed by atoms with Crippen LogP contribution < -0.4 is 11.1 Å². The highest BCUT2D eigenvalue weighted by Gasteiger charge is 2.18. The van der Waals surface area contributed by atoms with Crippen molar-refractivity contribution in [2.75, 3.05) is 0 Å². The summed E-state index contributed by atoms with van der Waals surface area (Å²) >= 11 is 0. The summed E-state index contributed by atoms with van der Waals surface area (Å²) in [6, 6.07) is 4.48. The Labute approximate surface area is 91.1 Å². The Morgan fingerprint density at radius 1 is 1.50 bits per heavy atom. The van der Waals surface area contributed by atoms with E-state index in [2.05, 4.69) is 0 Å². The van der Waals surface area contributed by atoms with Crippen LogP contribution in [-0.4, -0.2) is 23.1 Å². The van der Waals surface area contributed by atoms with Gasteiger partial charge in [0.25, 0.3) is 0 Å². The van der Waals surface area contributed by atoms with Gasteiger partial charge in [-0.25, -0.2) is 9.18 Å². The van der Waals surface area contributed by atoms with E-state index in [1.54, 1.807) is 6.07 Å². The van der Waals surface area contributed by atoms with E-state index in [4.69, 9.17) is 10.8 Å². The number of amides is 2. The Kier molecular flexibility index (Phi) is 3.82. The number of benzene rings is 1. The smallest absolute Gasteiger partial charge is 0.405 e. The van der Waals surface area contributed by atoms with Gasteiger partial charge in [-0.15, -0.1) is 0 Å². The van der Waals surface area contributed by atoms with Crippen LogP contribution in [0.15, 0.2) is 24.3 Å². The molecule has 5 nitrogen and oxygen atoms in total. The lowest BCUT2D eigenvalue weighted by atomic mass is 10.1. The average molecular weight is 226 g/mol. The highest BCUT2D eigenvalue weighted by Crippen LogP contribution is 2.06. The molecule has 0 aliphatic rings. The quantitative estimate of drug-likeness (QED) is 0.697. The predicted octanol–water partition coefficient (Wildman–Crippen LogP) is 0.490. The molecule has 0 saturated heterocycles. The SMILES string of the molecule is NC(=O)C(Cc1cccc(F)c1)NC(=O)O. The lowest BCUT2D eigenvalue weighted by Crippen LogP contribution is -2.45. The topological polar surface area (TPSA) is 92.4 Å². The van der Waals surface area contributed by atoms with Gasteiger partial charge in [0.2, 0.25) is 5.91 Å². The highest BCUT2D eigenvalue weighted by molar-refractivity contribution is 5.84. The Bertz CT molecular complexity index is 409. The zero-order valence-corrected chi connectivity index (χ0v) is 8.31. The molecule has 0 aliphatic carbocycles. The van der Waals surface area contributed by atoms with E-state index in [1.165, 1.54) is 18.2 Å². The first-order valence-corrected chi connectivity index (χ1v) is 4.52. The number of carboxylic acid groups (broad SMARTS) is 1. The van der Waals surface area contributed by atoms with Crippen LogP contribution in [0.25, 0.3) is 0 Å². The van der Waals surface area contributed by atoms with E-state index in [9.17, 15) is 14.0 Å². The second kappa shape index (κ2) is 5.11. The van der Waals surface area contributed by atoms with Crippen molar-refractivity contribution in [1.82, 2.24) is 5.32 Å². The molecule has 1 unspecified atom stereocenters. The number of hydrogen-bond donors (Lipinski definition) is 3. The number of primary amides is 1. The van der Waals surface area contributed by atoms with Crippen LogP contribution in [0.5, 0.6) is 0 Å². The molecular weight excluding hydrogens is 215 g/mol. The first kappa shape index (κ1) is 12.0. The van der Waals surface area contributed by atoms with Gasteiger partial charge < -0.3 is 16.2 Å². The molecule has 1 aromatic carbocycles. The average Bonchev–Trinajstić information content (AvgIpc) is 2.15. The Balaban J connectivity index is 2.75. The molecule has 0 radical (unpaired) electrons. The van der Waals surface area contributed by atoms with Crippen LogP contribution in [0.2, 0.25) is 0 Å². The summed E-state index contributed by atoms with van der Waals surface area (Å²) in [4.78, 5) is 21.3. The van der Waals surface area contributed by atoms with Crippen LogP contribution >= 0.6 is 0 Å². The zero-order valence-electron chi connectivity index (χ0n) is 8.31. The summed E-state index contributed by atoms with van der Waals surface area (Å²) in [5.74, 6) is -1.25. The molecule has 1 rings (SSSR count). The van der Waals surface area contributed by atoms with E-state index in [0.29, 0.717) is 5.56 Å². The van der Waals surface area contributed by atoms with E-state index < -0.39 is 23.9 Å². The van der Waals surface area contributed by atoms with Gasteiger partial charge in [-0.3, -0.25) is 4.79 Å². The van der Waals surface area contributed by atoms with Gasteiger partial charge in [0.1, 0.15) is 11.9 Å². The fraction of sp³-hybridized carbons (Fsp3) is 0.200. The molecule has 0 bridgehead atoms. The summed E-state index contributed by atoms with van der Waals surface area (Å²) in [6.45, 7) is 0. The predicted molar refractivity (Wildman–Crippen MR) is 54.2 cm³/mol. The maximum Gasteiger partial charge on any atom is 0.405 e. The molecule has 6 heteroatoms. The monoisotopic (exact) mass is 226 g/mol. The fourth-order valence-corrected chi connectivity index (χ4v) is 1.27. The van der Waals surface area contributed by atoms with Crippen molar-refractivity contribution in [1.29, 1.82) is 0 Å². The number of nitrogens with two attached hydrogens (primary N) is 1. The van der Waals surface area contributed by atoms with Gasteiger partial charge in [0.15, 0.2) is 0 Å². The highest BCUT2D eigenvalue weighted by atomic mass is 19.1. The first-order valence-electron chi connectivity index (χ1n) is 4.52. The van der Waals surface area contributed by atoms with Gasteiger partial charge in [0, 0.05) is 6.42 Å². The molecule has 4 N–H and O–H groups in total. The van der Waals surface area contributed by atoms with E-state index in [-0.39, 0.29) is 6.42 Å². The minimum atomic E-state index is -1.35. The fourth-order valence-electron chi connectivity index (χ4n) is 1.27. The van der Waals surface area contributed by atoms with Crippen molar-refractivity contribution in [3.05, 3.63) is 35.6 Å². The van der Waals surface area contributed by atoms with Gasteiger partial charge in [-0.1, -0.05) is 12.1 Å². The van der Waals surface area contributed by atoms with Crippen molar-refractivity contribution < 1.29 is 19.1 Å². The van der Waals surface area contributed by atoms with Crippen molar-refractivity contribution >= 4 is 12.0 Å². The third-order valence-corrected chi connectivity index (χ3v) is 1.97. The van der Waals surface area contributed by atoms with Crippen LogP contribution in [-0.2, 0) is 11.2 Å². The summed E-state index contributed by atoms with van der Waals surface area (Å²) in [6.07, 6.45) is -1.32. The third kappa shape index (κ3) is 3.56. The molecule has 0 aromatic heterocycles. The lowest BCUT2D eigenvalue weighted by Gasteiger charge is -2.12. The molecule has 86 valence electrons. The maximum absolute atomic E-state index is 12.8. The van der Waals surface area contributed by atoms with Crippen molar-refractivity contribution in [2.45, 2.75) is 12.5 Å². The molecule has 0 spiro atoms. The number of carbonyl (C=O) groups excluding carboxylic acids is 1. The second-order valence-electron chi connectivity index (χ2n) is 3.24. The first-order chi connectivity index (χ1) is 7.49. The Morgan fingerprint density at radius 3 is 2.69 bits per heavy atom. The van der Waals surface area contributed by atoms with E-state index in [1.807, 2.05) is 5.32 Å². The molecule has 1 atom stereocenters. The summed E-state index contributed by atoms with van der Waals surface area (Å²) in [7, 11) is 0. The summed E-state index contributed by atoms with van der Waals surface area (Å²) in [5, 5.41) is 10.4. The molecule has 1 aromatic rings. The summed E-state index contributed by atoms with van der Waals surface area (Å²) in [5.41, 5.74) is 5.51. The number of nitrogens with one attached hydrogen (secondary N) is 1. The maximum atomic E-state index is 12.8. The molecule has 0 saturated carbocycles. The van der Waals surface area contributed by atoms with Gasteiger partial charge in [0.05, 0.1) is 0 Å². The normalized spacial score (nSPS) is 11.8. The molecule has 0 fully saturated rings. The van der Waals surface area contributed by atoms with Crippen LogP contribution in [0, 0.1) is 5.82 Å². The van der Waals surface area contributed by atoms with Crippen molar-refractivity contribution in [3.8, 4) is 0 Å². The number of halogens is 1. The number of hydrogen-bond acceptors (Lipinski definition) is 2. The second-order valence-corrected chi connectivity index (χ2v) is 3.24. The zero-order chi connectivity index (χ0) is 12.1. The summed E-state index contributed by atoms with van der Waals surface area (Å²) < 4.78 is 12.8. The molecule has 2 amide bonds. The van der Waals surface area contributed by atoms with Crippen LogP contribution in [0.4, 0.5) is 9.18 Å². The Hall–Kier alpha value is -2.11. The standard InChI is InChI=1S/C10H11FN2O3/c11-7-3-1-2-6(4-7)5-8(9(12)14)13-10(15)16/h1-4,8,13H,5H2,(H2,12,14)(H,15,16). The van der Waals surface area contributed by atoms with Gasteiger partial charge in [-0.2, -0.15) is 0 Å². The van der Waals surface area contributed by atoms with Crippen molar-refractivity contribution in [2.24, 2.45) is 5.73 Å². The largest absolute Gasteiger partial charge is 0.465 e. The minimum Gasteiger partial charge on any atom is -0.465 e. The number of rotatable bonds is 4. The van der Waals surface area contributed by atoms with Gasteiger partial charge in [-0.05, 0) is 17.7 Å². The molecule has 0 heterocycles. The van der Waals surface area contributed by atoms with Crippen molar-refractivity contribution in [3.63, 3.8) is 0 Å². The number of carbonyl (C=O) groups is 2. The molecule has 16 heavy (non-hydrogen) atoms. The van der Waals surface area contributed by atoms with E-state index in [0.717, 1.165) is 0 Å².